The molecule has 42 heavy (non-hydrogen) atoms. The Kier molecular flexibility index (Phi) is 10.7. The van der Waals surface area contributed by atoms with E-state index in [1.165, 1.54) is 6.07 Å². The number of benzene rings is 1. The Labute approximate surface area is 247 Å². The fourth-order valence-electron chi connectivity index (χ4n) is 5.43. The van der Waals surface area contributed by atoms with Crippen LogP contribution in [0.1, 0.15) is 57.1 Å². The zero-order chi connectivity index (χ0) is 30.2. The number of rotatable bonds is 11. The van der Waals surface area contributed by atoms with Crippen LogP contribution < -0.4 is 5.32 Å². The van der Waals surface area contributed by atoms with E-state index < -0.39 is 12.1 Å². The summed E-state index contributed by atoms with van der Waals surface area (Å²) in [5.74, 6) is -0.359. The Bertz CT molecular complexity index is 1340. The van der Waals surface area contributed by atoms with Crippen LogP contribution in [0.3, 0.4) is 0 Å². The molecule has 1 fully saturated rings. The summed E-state index contributed by atoms with van der Waals surface area (Å²) in [5.41, 5.74) is 2.94. The van der Waals surface area contributed by atoms with Gasteiger partial charge >= 0.3 is 0 Å². The number of ether oxygens (including phenoxy) is 1. The molecule has 0 spiro atoms. The lowest BCUT2D eigenvalue weighted by atomic mass is 9.98. The molecule has 2 aromatic heterocycles. The minimum absolute atomic E-state index is 0.0831. The monoisotopic (exact) mass is 576 g/mol. The molecule has 9 nitrogen and oxygen atoms in total. The first-order chi connectivity index (χ1) is 20.2. The molecule has 224 valence electrons. The van der Waals surface area contributed by atoms with Crippen LogP contribution in [0, 0.1) is 11.7 Å². The third-order valence-electron chi connectivity index (χ3n) is 7.66. The van der Waals surface area contributed by atoms with Crippen LogP contribution >= 0.6 is 0 Å². The molecule has 1 aliphatic rings. The average molecular weight is 577 g/mol. The maximum Gasteiger partial charge on any atom is 0.244 e. The summed E-state index contributed by atoms with van der Waals surface area (Å²) in [6, 6.07) is 11.2. The molecule has 0 aliphatic carbocycles. The van der Waals surface area contributed by atoms with Crippen molar-refractivity contribution in [3.8, 4) is 11.4 Å². The van der Waals surface area contributed by atoms with E-state index in [1.54, 1.807) is 36.5 Å². The lowest BCUT2D eigenvalue weighted by Crippen LogP contribution is -2.65. The van der Waals surface area contributed by atoms with Gasteiger partial charge in [0.05, 0.1) is 11.7 Å². The Morgan fingerprint density at radius 2 is 1.81 bits per heavy atom. The molecule has 0 bridgehead atoms. The molecule has 3 aromatic rings. The number of piperazine rings is 1. The first kappa shape index (κ1) is 31.2. The van der Waals surface area contributed by atoms with Gasteiger partial charge in [0.25, 0.3) is 0 Å². The van der Waals surface area contributed by atoms with Gasteiger partial charge in [0.2, 0.25) is 11.8 Å². The van der Waals surface area contributed by atoms with Crippen molar-refractivity contribution < 1.29 is 18.7 Å². The van der Waals surface area contributed by atoms with Crippen molar-refractivity contribution in [1.82, 2.24) is 30.1 Å². The highest BCUT2D eigenvalue weighted by atomic mass is 19.1. The molecule has 3 atom stereocenters. The zero-order valence-corrected chi connectivity index (χ0v) is 25.1. The third-order valence-corrected chi connectivity index (χ3v) is 7.66. The number of aromatic nitrogens is 3. The predicted molar refractivity (Wildman–Crippen MR) is 159 cm³/mol. The maximum absolute atomic E-state index is 15.2. The van der Waals surface area contributed by atoms with Gasteiger partial charge in [-0.3, -0.25) is 19.5 Å². The number of methoxy groups -OCH3 is 1. The zero-order valence-electron chi connectivity index (χ0n) is 25.1. The van der Waals surface area contributed by atoms with Crippen molar-refractivity contribution in [3.63, 3.8) is 0 Å². The molecular weight excluding hydrogens is 535 g/mol. The Hall–Kier alpha value is -3.76. The highest BCUT2D eigenvalue weighted by Crippen LogP contribution is 2.31. The first-order valence-corrected chi connectivity index (χ1v) is 14.6. The van der Waals surface area contributed by atoms with E-state index in [4.69, 9.17) is 4.74 Å². The summed E-state index contributed by atoms with van der Waals surface area (Å²) in [6.45, 7) is 9.04. The summed E-state index contributed by atoms with van der Waals surface area (Å²) >= 11 is 0. The first-order valence-electron chi connectivity index (χ1n) is 14.6. The molecule has 1 aromatic carbocycles. The van der Waals surface area contributed by atoms with Gasteiger partial charge in [0, 0.05) is 69.0 Å². The summed E-state index contributed by atoms with van der Waals surface area (Å²) in [7, 11) is 1.61. The van der Waals surface area contributed by atoms with Crippen LogP contribution in [-0.2, 0) is 27.3 Å². The van der Waals surface area contributed by atoms with Crippen molar-refractivity contribution in [3.05, 3.63) is 77.6 Å². The predicted octanol–water partition coefficient (Wildman–Crippen LogP) is 4.19. The summed E-state index contributed by atoms with van der Waals surface area (Å²) < 4.78 is 20.5. The van der Waals surface area contributed by atoms with E-state index >= 15 is 4.39 Å². The normalized spacial score (nSPS) is 18.2. The number of carbonyl (C=O) groups is 2. The number of hydrogen-bond donors (Lipinski definition) is 1. The Balaban J connectivity index is 1.56. The number of hydrogen-bond acceptors (Lipinski definition) is 7. The number of aryl methyl sites for hydroxylation is 1. The minimum Gasteiger partial charge on any atom is -0.385 e. The number of carbonyl (C=O) groups excluding carboxylic acids is 2. The van der Waals surface area contributed by atoms with Gasteiger partial charge in [-0.05, 0) is 43.5 Å². The SMILES string of the molecule is CCc1ccc(F)c([C@@H](CCOC)N2C[C@@H](C)N(C(=O)C(C)C)[C@@H](C(=O)NCc3ccc(-c4ncccn4)cc3)C2)n1. The second-order valence-electron chi connectivity index (χ2n) is 11.0. The highest BCUT2D eigenvalue weighted by molar-refractivity contribution is 5.89. The van der Waals surface area contributed by atoms with Gasteiger partial charge in [0.1, 0.15) is 11.9 Å². The lowest BCUT2D eigenvalue weighted by Gasteiger charge is -2.47. The second-order valence-corrected chi connectivity index (χ2v) is 11.0. The molecule has 10 heteroatoms. The van der Waals surface area contributed by atoms with Gasteiger partial charge in [-0.2, -0.15) is 0 Å². The number of pyridine rings is 1. The van der Waals surface area contributed by atoms with Crippen LogP contribution in [0.15, 0.2) is 54.9 Å². The topological polar surface area (TPSA) is 101 Å². The van der Waals surface area contributed by atoms with E-state index in [1.807, 2.05) is 52.0 Å². The second kappa shape index (κ2) is 14.4. The summed E-state index contributed by atoms with van der Waals surface area (Å²) in [6.07, 6.45) is 4.58. The molecular formula is C32H41FN6O3. The van der Waals surface area contributed by atoms with Gasteiger partial charge in [-0.25, -0.2) is 14.4 Å². The number of nitrogens with zero attached hydrogens (tertiary/aromatic N) is 5. The van der Waals surface area contributed by atoms with Crippen molar-refractivity contribution in [2.45, 2.75) is 65.2 Å². The van der Waals surface area contributed by atoms with E-state index in [0.29, 0.717) is 44.1 Å². The molecule has 1 aliphatic heterocycles. The highest BCUT2D eigenvalue weighted by Gasteiger charge is 2.42. The minimum atomic E-state index is -0.747. The summed E-state index contributed by atoms with van der Waals surface area (Å²) in [4.78, 5) is 44.1. The van der Waals surface area contributed by atoms with E-state index in [-0.39, 0.29) is 36.1 Å². The van der Waals surface area contributed by atoms with Crippen LogP contribution in [0.4, 0.5) is 4.39 Å². The summed E-state index contributed by atoms with van der Waals surface area (Å²) in [5, 5.41) is 3.04. The van der Waals surface area contributed by atoms with Gasteiger partial charge in [-0.15, -0.1) is 0 Å². The van der Waals surface area contributed by atoms with E-state index in [2.05, 4.69) is 25.2 Å². The Morgan fingerprint density at radius 3 is 2.45 bits per heavy atom. The van der Waals surface area contributed by atoms with Crippen molar-refractivity contribution in [1.29, 1.82) is 0 Å². The standard InChI is InChI=1S/C32H41FN6O3/c1-6-25-12-13-26(33)29(37-25)27(14-17-42-5)38-19-22(4)39(32(41)21(2)3)28(20-38)31(40)36-18-23-8-10-24(11-9-23)30-34-15-7-16-35-30/h7-13,15-16,21-22,27-28H,6,14,17-20H2,1-5H3,(H,36,40)/t22-,27-,28-/m1/s1. The fraction of sp³-hybridized carbons (Fsp3) is 0.469. The van der Waals surface area contributed by atoms with Crippen LogP contribution in [0.2, 0.25) is 0 Å². The molecule has 4 rings (SSSR count). The molecule has 0 saturated carbocycles. The molecule has 1 N–H and O–H groups in total. The number of amides is 2. The van der Waals surface area contributed by atoms with Crippen LogP contribution in [-0.4, -0.2) is 75.5 Å². The largest absolute Gasteiger partial charge is 0.385 e. The molecule has 1 saturated heterocycles. The fourth-order valence-corrected chi connectivity index (χ4v) is 5.43. The Morgan fingerprint density at radius 1 is 1.10 bits per heavy atom. The quantitative estimate of drug-likeness (QED) is 0.365. The van der Waals surface area contributed by atoms with Crippen molar-refractivity contribution >= 4 is 11.8 Å². The molecule has 0 unspecified atom stereocenters. The average Bonchev–Trinajstić information content (AvgIpc) is 3.00. The van der Waals surface area contributed by atoms with Crippen molar-refractivity contribution in [2.24, 2.45) is 5.92 Å². The van der Waals surface area contributed by atoms with Gasteiger partial charge in [-0.1, -0.05) is 45.0 Å². The molecule has 3 heterocycles. The van der Waals surface area contributed by atoms with Crippen LogP contribution in [0.25, 0.3) is 11.4 Å². The maximum atomic E-state index is 15.2. The van der Waals surface area contributed by atoms with Crippen molar-refractivity contribution in [2.75, 3.05) is 26.8 Å². The lowest BCUT2D eigenvalue weighted by molar-refractivity contribution is -0.151. The van der Waals surface area contributed by atoms with E-state index in [0.717, 1.165) is 16.8 Å². The van der Waals surface area contributed by atoms with Crippen LogP contribution in [0.5, 0.6) is 0 Å². The smallest absolute Gasteiger partial charge is 0.244 e. The van der Waals surface area contributed by atoms with Gasteiger partial charge < -0.3 is 15.0 Å². The molecule has 0 radical (unpaired) electrons. The molecule has 2 amide bonds. The number of nitrogens with one attached hydrogen (secondary N) is 1. The number of halogens is 1. The van der Waals surface area contributed by atoms with E-state index in [9.17, 15) is 9.59 Å². The van der Waals surface area contributed by atoms with Gasteiger partial charge in [0.15, 0.2) is 5.82 Å². The third kappa shape index (κ3) is 7.35.